The molecule has 0 bridgehead atoms. The van der Waals surface area contributed by atoms with E-state index in [9.17, 15) is 9.90 Å². The Labute approximate surface area is 114 Å². The van der Waals surface area contributed by atoms with Gasteiger partial charge in [-0.3, -0.25) is 0 Å². The van der Waals surface area contributed by atoms with Crippen LogP contribution in [0.25, 0.3) is 0 Å². The highest BCUT2D eigenvalue weighted by molar-refractivity contribution is 5.89. The van der Waals surface area contributed by atoms with Crippen molar-refractivity contribution in [2.45, 2.75) is 32.3 Å². The van der Waals surface area contributed by atoms with E-state index in [-0.39, 0.29) is 0 Å². The van der Waals surface area contributed by atoms with Gasteiger partial charge < -0.3 is 15.1 Å². The molecule has 0 aliphatic carbocycles. The van der Waals surface area contributed by atoms with Gasteiger partial charge in [-0.25, -0.2) is 4.79 Å². The van der Waals surface area contributed by atoms with Crippen LogP contribution in [0, 0.1) is 0 Å². The fourth-order valence-electron chi connectivity index (χ4n) is 1.83. The highest BCUT2D eigenvalue weighted by Crippen LogP contribution is 2.11. The average Bonchev–Trinajstić information content (AvgIpc) is 2.33. The molecule has 0 unspecified atom stereocenters. The molecule has 0 aromatic heterocycles. The molecule has 4 heteroatoms. The lowest BCUT2D eigenvalue weighted by Gasteiger charge is -2.22. The largest absolute Gasteiger partial charge is 0.478 e. The van der Waals surface area contributed by atoms with Gasteiger partial charge in [-0.2, -0.15) is 0 Å². The van der Waals surface area contributed by atoms with Crippen molar-refractivity contribution in [1.29, 1.82) is 0 Å². The molecule has 4 nitrogen and oxygen atoms in total. The second-order valence-corrected chi connectivity index (χ2v) is 5.58. The Morgan fingerprint density at radius 3 is 2.47 bits per heavy atom. The quantitative estimate of drug-likeness (QED) is 0.792. The first-order valence-corrected chi connectivity index (χ1v) is 6.52. The van der Waals surface area contributed by atoms with Gasteiger partial charge in [0.2, 0.25) is 0 Å². The Hall–Kier alpha value is -1.39. The van der Waals surface area contributed by atoms with Crippen LogP contribution in [0.2, 0.25) is 0 Å². The molecule has 0 aliphatic heterocycles. The fourth-order valence-corrected chi connectivity index (χ4v) is 1.83. The molecule has 19 heavy (non-hydrogen) atoms. The maximum Gasteiger partial charge on any atom is 0.335 e. The SMILES string of the molecule is CN(CCc1ccccc1C(=O)O)CCC(C)(C)O. The van der Waals surface area contributed by atoms with Crippen LogP contribution < -0.4 is 0 Å². The number of carbonyl (C=O) groups is 1. The summed E-state index contributed by atoms with van der Waals surface area (Å²) in [6.45, 7) is 5.15. The van der Waals surface area contributed by atoms with E-state index in [4.69, 9.17) is 5.11 Å². The van der Waals surface area contributed by atoms with Crippen molar-refractivity contribution in [3.05, 3.63) is 35.4 Å². The number of hydrogen-bond donors (Lipinski definition) is 2. The standard InChI is InChI=1S/C15H23NO3/c1-15(2,19)9-11-16(3)10-8-12-6-4-5-7-13(12)14(17)18/h4-7,19H,8-11H2,1-3H3,(H,17,18). The normalized spacial score (nSPS) is 11.8. The van der Waals surface area contributed by atoms with Gasteiger partial charge in [-0.05, 0) is 45.4 Å². The fraction of sp³-hybridized carbons (Fsp3) is 0.533. The maximum absolute atomic E-state index is 11.1. The summed E-state index contributed by atoms with van der Waals surface area (Å²) in [4.78, 5) is 13.2. The van der Waals surface area contributed by atoms with Crippen LogP contribution in [0.3, 0.4) is 0 Å². The zero-order chi connectivity index (χ0) is 14.5. The van der Waals surface area contributed by atoms with Crippen LogP contribution in [0.1, 0.15) is 36.2 Å². The predicted octanol–water partition coefficient (Wildman–Crippen LogP) is 2.02. The highest BCUT2D eigenvalue weighted by Gasteiger charge is 2.14. The van der Waals surface area contributed by atoms with Crippen LogP contribution >= 0.6 is 0 Å². The molecule has 0 saturated heterocycles. The third kappa shape index (κ3) is 5.85. The summed E-state index contributed by atoms with van der Waals surface area (Å²) < 4.78 is 0. The van der Waals surface area contributed by atoms with Crippen molar-refractivity contribution in [1.82, 2.24) is 4.90 Å². The summed E-state index contributed by atoms with van der Waals surface area (Å²) in [7, 11) is 1.98. The minimum atomic E-state index is -0.880. The van der Waals surface area contributed by atoms with Crippen molar-refractivity contribution in [2.75, 3.05) is 20.1 Å². The van der Waals surface area contributed by atoms with E-state index in [1.165, 1.54) is 0 Å². The van der Waals surface area contributed by atoms with Crippen molar-refractivity contribution >= 4 is 5.97 Å². The van der Waals surface area contributed by atoms with E-state index in [1.54, 1.807) is 26.0 Å². The Kier molecular flexibility index (Phi) is 5.51. The smallest absolute Gasteiger partial charge is 0.335 e. The summed E-state index contributed by atoms with van der Waals surface area (Å²) in [5, 5.41) is 18.8. The molecule has 0 radical (unpaired) electrons. The van der Waals surface area contributed by atoms with Crippen LogP contribution in [0.15, 0.2) is 24.3 Å². The second kappa shape index (κ2) is 6.68. The Morgan fingerprint density at radius 1 is 1.26 bits per heavy atom. The van der Waals surface area contributed by atoms with E-state index < -0.39 is 11.6 Å². The average molecular weight is 265 g/mol. The molecule has 1 rings (SSSR count). The molecule has 1 aromatic rings. The highest BCUT2D eigenvalue weighted by atomic mass is 16.4. The molecule has 106 valence electrons. The van der Waals surface area contributed by atoms with Crippen molar-refractivity contribution in [3.63, 3.8) is 0 Å². The van der Waals surface area contributed by atoms with Crippen molar-refractivity contribution in [2.24, 2.45) is 0 Å². The summed E-state index contributed by atoms with van der Waals surface area (Å²) in [5.74, 6) is -0.880. The van der Waals surface area contributed by atoms with E-state index >= 15 is 0 Å². The zero-order valence-electron chi connectivity index (χ0n) is 11.9. The zero-order valence-corrected chi connectivity index (χ0v) is 11.9. The summed E-state index contributed by atoms with van der Waals surface area (Å²) in [5.41, 5.74) is 0.566. The van der Waals surface area contributed by atoms with Gasteiger partial charge in [-0.1, -0.05) is 18.2 Å². The molecule has 2 N–H and O–H groups in total. The Bertz CT molecular complexity index is 424. The van der Waals surface area contributed by atoms with E-state index in [0.717, 1.165) is 18.7 Å². The number of aliphatic hydroxyl groups is 1. The van der Waals surface area contributed by atoms with Crippen LogP contribution in [-0.2, 0) is 6.42 Å². The predicted molar refractivity (Wildman–Crippen MR) is 75.5 cm³/mol. The number of hydrogen-bond acceptors (Lipinski definition) is 3. The van der Waals surface area contributed by atoms with Crippen LogP contribution in [0.4, 0.5) is 0 Å². The van der Waals surface area contributed by atoms with E-state index in [2.05, 4.69) is 4.90 Å². The number of carboxylic acid groups (broad SMARTS) is 1. The minimum absolute atomic E-state index is 0.374. The molecule has 0 saturated carbocycles. The first-order chi connectivity index (χ1) is 8.79. The molecule has 0 spiro atoms. The number of nitrogens with zero attached hydrogens (tertiary/aromatic N) is 1. The Morgan fingerprint density at radius 2 is 1.89 bits per heavy atom. The maximum atomic E-state index is 11.1. The molecular formula is C15H23NO3. The van der Waals surface area contributed by atoms with Gasteiger partial charge in [0.1, 0.15) is 0 Å². The molecule has 0 heterocycles. The first kappa shape index (κ1) is 15.7. The molecule has 0 atom stereocenters. The second-order valence-electron chi connectivity index (χ2n) is 5.58. The van der Waals surface area contributed by atoms with E-state index in [0.29, 0.717) is 18.4 Å². The van der Waals surface area contributed by atoms with Crippen molar-refractivity contribution in [3.8, 4) is 0 Å². The van der Waals surface area contributed by atoms with E-state index in [1.807, 2.05) is 19.2 Å². The molecule has 0 aliphatic rings. The number of rotatable bonds is 7. The molecule has 0 amide bonds. The lowest BCUT2D eigenvalue weighted by molar-refractivity contribution is 0.0609. The van der Waals surface area contributed by atoms with Crippen molar-refractivity contribution < 1.29 is 15.0 Å². The summed E-state index contributed by atoms with van der Waals surface area (Å²) >= 11 is 0. The monoisotopic (exact) mass is 265 g/mol. The van der Waals surface area contributed by atoms with Gasteiger partial charge in [0.25, 0.3) is 0 Å². The Balaban J connectivity index is 2.51. The van der Waals surface area contributed by atoms with Crippen LogP contribution in [-0.4, -0.2) is 46.8 Å². The minimum Gasteiger partial charge on any atom is -0.478 e. The van der Waals surface area contributed by atoms with Crippen LogP contribution in [0.5, 0.6) is 0 Å². The summed E-state index contributed by atoms with van der Waals surface area (Å²) in [6, 6.07) is 7.09. The number of likely N-dealkylation sites (N-methyl/N-ethyl adjacent to an activating group) is 1. The van der Waals surface area contributed by atoms with Gasteiger partial charge in [0, 0.05) is 13.1 Å². The van der Waals surface area contributed by atoms with Gasteiger partial charge in [0.05, 0.1) is 11.2 Å². The molecule has 1 aromatic carbocycles. The topological polar surface area (TPSA) is 60.8 Å². The van der Waals surface area contributed by atoms with Gasteiger partial charge >= 0.3 is 5.97 Å². The molecular weight excluding hydrogens is 242 g/mol. The lowest BCUT2D eigenvalue weighted by Crippen LogP contribution is -2.29. The number of carboxylic acids is 1. The third-order valence-corrected chi connectivity index (χ3v) is 3.12. The summed E-state index contributed by atoms with van der Waals surface area (Å²) in [6.07, 6.45) is 1.40. The first-order valence-electron chi connectivity index (χ1n) is 6.52. The lowest BCUT2D eigenvalue weighted by atomic mass is 10.0. The van der Waals surface area contributed by atoms with Gasteiger partial charge in [0.15, 0.2) is 0 Å². The number of aromatic carboxylic acids is 1. The number of benzene rings is 1. The third-order valence-electron chi connectivity index (χ3n) is 3.12. The van der Waals surface area contributed by atoms with Gasteiger partial charge in [-0.15, -0.1) is 0 Å². The molecule has 0 fully saturated rings.